The van der Waals surface area contributed by atoms with Crippen molar-refractivity contribution < 1.29 is 23.5 Å². The number of amides is 1. The zero-order valence-corrected chi connectivity index (χ0v) is 29.4. The van der Waals surface area contributed by atoms with Gasteiger partial charge in [0.1, 0.15) is 29.6 Å². The van der Waals surface area contributed by atoms with Crippen LogP contribution in [0.3, 0.4) is 0 Å². The number of hydrogen-bond donors (Lipinski definition) is 1. The molecule has 4 aromatic rings. The third-order valence-corrected chi connectivity index (χ3v) is 11.7. The SMILES string of the molecule is CC(=O)OCc1c(-c2cc(Nc3ccc(N4CCN(C5COC5)CC4)cn3)c(=O)n(C)c2)cc(F)cc1N1CCn2c(cc3c2C2CCC3C2)C1=O. The summed E-state index contributed by atoms with van der Waals surface area (Å²) < 4.78 is 30.1. The molecule has 270 valence electrons. The first-order valence-electron chi connectivity index (χ1n) is 18.2. The predicted octanol–water partition coefficient (Wildman–Crippen LogP) is 4.74. The van der Waals surface area contributed by atoms with Gasteiger partial charge < -0.3 is 33.7 Å². The molecule has 2 bridgehead atoms. The third-order valence-electron chi connectivity index (χ3n) is 11.7. The van der Waals surface area contributed by atoms with Crippen molar-refractivity contribution in [2.45, 2.75) is 57.2 Å². The van der Waals surface area contributed by atoms with Gasteiger partial charge in [0, 0.05) is 82.2 Å². The van der Waals surface area contributed by atoms with E-state index in [9.17, 15) is 14.4 Å². The molecule has 12 nitrogen and oxygen atoms in total. The van der Waals surface area contributed by atoms with Crippen molar-refractivity contribution in [3.05, 3.63) is 87.5 Å². The van der Waals surface area contributed by atoms with Crippen molar-refractivity contribution >= 4 is 34.8 Å². The van der Waals surface area contributed by atoms with E-state index in [-0.39, 0.29) is 23.8 Å². The fourth-order valence-electron chi connectivity index (χ4n) is 8.93. The number of piperazine rings is 1. The highest BCUT2D eigenvalue weighted by Gasteiger charge is 2.43. The van der Waals surface area contributed by atoms with Gasteiger partial charge in [-0.2, -0.15) is 0 Å². The van der Waals surface area contributed by atoms with E-state index in [4.69, 9.17) is 9.47 Å². The molecule has 2 saturated heterocycles. The summed E-state index contributed by atoms with van der Waals surface area (Å²) in [6.07, 6.45) is 6.91. The number of carbonyl (C=O) groups is 2. The van der Waals surface area contributed by atoms with Crippen molar-refractivity contribution in [3.8, 4) is 11.1 Å². The van der Waals surface area contributed by atoms with Crippen LogP contribution in [0.1, 0.15) is 65.3 Å². The molecule has 3 aromatic heterocycles. The molecule has 3 fully saturated rings. The standard InChI is InChI=1S/C39H42FN7O5/c1-23(48)52-22-32-30(15-27(40)16-34(32)47-12-11-46-35(39(47)50)17-31-24-3-4-25(13-24)37(31)46)26-14-33(38(49)43(2)19-26)42-36-6-5-28(18-41-36)44-7-9-45(10-8-44)29-20-51-21-29/h5-6,14-19,24-25,29H,3-4,7-13,20-22H2,1-2H3,(H,41,42). The number of aromatic nitrogens is 3. The number of nitrogens with zero attached hydrogens (tertiary/aromatic N) is 6. The maximum atomic E-state index is 15.7. The highest BCUT2D eigenvalue weighted by atomic mass is 19.1. The number of aryl methyl sites for hydroxylation is 1. The van der Waals surface area contributed by atoms with Gasteiger partial charge in [-0.1, -0.05) is 0 Å². The first-order chi connectivity index (χ1) is 25.2. The number of benzene rings is 1. The van der Waals surface area contributed by atoms with E-state index in [2.05, 4.69) is 24.7 Å². The molecule has 1 amide bonds. The number of ether oxygens (including phenoxy) is 2. The summed E-state index contributed by atoms with van der Waals surface area (Å²) in [5.41, 5.74) is 5.93. The van der Waals surface area contributed by atoms with E-state index in [1.54, 1.807) is 30.4 Å². The molecular weight excluding hydrogens is 665 g/mol. The number of carbonyl (C=O) groups excluding carboxylic acids is 2. The summed E-state index contributed by atoms with van der Waals surface area (Å²) in [6, 6.07) is 10.8. The van der Waals surface area contributed by atoms with Crippen molar-refractivity contribution in [2.75, 3.05) is 61.1 Å². The monoisotopic (exact) mass is 707 g/mol. The highest BCUT2D eigenvalue weighted by Crippen LogP contribution is 2.54. The average Bonchev–Trinajstić information content (AvgIpc) is 3.84. The maximum Gasteiger partial charge on any atom is 0.302 e. The molecule has 0 radical (unpaired) electrons. The summed E-state index contributed by atoms with van der Waals surface area (Å²) >= 11 is 0. The van der Waals surface area contributed by atoms with Crippen molar-refractivity contribution in [3.63, 3.8) is 0 Å². The number of rotatable bonds is 8. The predicted molar refractivity (Wildman–Crippen MR) is 194 cm³/mol. The highest BCUT2D eigenvalue weighted by molar-refractivity contribution is 6.07. The van der Waals surface area contributed by atoms with Crippen LogP contribution in [0.2, 0.25) is 0 Å². The van der Waals surface area contributed by atoms with Gasteiger partial charge in [0.05, 0.1) is 36.8 Å². The zero-order valence-electron chi connectivity index (χ0n) is 29.4. The minimum Gasteiger partial charge on any atom is -0.461 e. The van der Waals surface area contributed by atoms with Crippen LogP contribution in [0.5, 0.6) is 0 Å². The summed E-state index contributed by atoms with van der Waals surface area (Å²) in [4.78, 5) is 50.6. The lowest BCUT2D eigenvalue weighted by Gasteiger charge is -2.43. The molecule has 9 rings (SSSR count). The van der Waals surface area contributed by atoms with Crippen LogP contribution in [0, 0.1) is 5.82 Å². The quantitative estimate of drug-likeness (QED) is 0.260. The van der Waals surface area contributed by atoms with Gasteiger partial charge in [0.25, 0.3) is 11.5 Å². The molecular formula is C39H42FN7O5. The van der Waals surface area contributed by atoms with E-state index in [1.165, 1.54) is 34.9 Å². The molecule has 1 saturated carbocycles. The smallest absolute Gasteiger partial charge is 0.302 e. The molecule has 13 heteroatoms. The lowest BCUT2D eigenvalue weighted by molar-refractivity contribution is -0.142. The maximum absolute atomic E-state index is 15.7. The number of pyridine rings is 2. The van der Waals surface area contributed by atoms with Crippen LogP contribution in [0.25, 0.3) is 11.1 Å². The van der Waals surface area contributed by atoms with Crippen LogP contribution in [-0.4, -0.2) is 82.9 Å². The molecule has 2 atom stereocenters. The number of nitrogens with one attached hydrogen (secondary N) is 1. The van der Waals surface area contributed by atoms with Crippen molar-refractivity contribution in [1.29, 1.82) is 0 Å². The summed E-state index contributed by atoms with van der Waals surface area (Å²) in [7, 11) is 1.63. The first-order valence-corrected chi connectivity index (χ1v) is 18.2. The second-order valence-electron chi connectivity index (χ2n) is 14.7. The van der Waals surface area contributed by atoms with Gasteiger partial charge in [0.2, 0.25) is 0 Å². The van der Waals surface area contributed by atoms with Crippen LogP contribution in [0.15, 0.2) is 53.6 Å². The number of hydrogen-bond acceptors (Lipinski definition) is 9. The Kier molecular flexibility index (Phi) is 8.15. The lowest BCUT2D eigenvalue weighted by atomic mass is 9.97. The summed E-state index contributed by atoms with van der Waals surface area (Å²) in [5.74, 6) is 0.253. The fraction of sp³-hybridized carbons (Fsp3) is 0.436. The first kappa shape index (κ1) is 32.9. The average molecular weight is 708 g/mol. The van der Waals surface area contributed by atoms with E-state index in [1.807, 2.05) is 18.2 Å². The Morgan fingerprint density at radius 3 is 2.56 bits per heavy atom. The minimum atomic E-state index is -0.548. The molecule has 2 unspecified atom stereocenters. The largest absolute Gasteiger partial charge is 0.461 e. The van der Waals surface area contributed by atoms with Crippen LogP contribution in [0.4, 0.5) is 27.3 Å². The van der Waals surface area contributed by atoms with Gasteiger partial charge in [-0.3, -0.25) is 19.3 Å². The minimum absolute atomic E-state index is 0.178. The fourth-order valence-corrected chi connectivity index (χ4v) is 8.93. The van der Waals surface area contributed by atoms with Gasteiger partial charge >= 0.3 is 5.97 Å². The van der Waals surface area contributed by atoms with E-state index in [0.717, 1.165) is 64.3 Å². The molecule has 2 aliphatic carbocycles. The number of fused-ring (bicyclic) bond motifs is 7. The van der Waals surface area contributed by atoms with Crippen LogP contribution < -0.4 is 20.7 Å². The topological polar surface area (TPSA) is 114 Å². The summed E-state index contributed by atoms with van der Waals surface area (Å²) in [6.45, 7) is 7.46. The number of esters is 1. The Bertz CT molecular complexity index is 2130. The van der Waals surface area contributed by atoms with Gasteiger partial charge in [0.15, 0.2) is 0 Å². The molecule has 6 heterocycles. The molecule has 5 aliphatic rings. The van der Waals surface area contributed by atoms with Crippen molar-refractivity contribution in [2.24, 2.45) is 7.05 Å². The van der Waals surface area contributed by atoms with E-state index < -0.39 is 11.8 Å². The van der Waals surface area contributed by atoms with Gasteiger partial charge in [-0.15, -0.1) is 0 Å². The molecule has 0 spiro atoms. The third kappa shape index (κ3) is 5.66. The molecule has 1 aromatic carbocycles. The van der Waals surface area contributed by atoms with E-state index >= 15 is 4.39 Å². The van der Waals surface area contributed by atoms with Crippen LogP contribution >= 0.6 is 0 Å². The van der Waals surface area contributed by atoms with Crippen LogP contribution in [-0.2, 0) is 34.5 Å². The van der Waals surface area contributed by atoms with Crippen molar-refractivity contribution in [1.82, 2.24) is 19.0 Å². The second kappa shape index (κ2) is 12.9. The Hall–Kier alpha value is -5.01. The Balaban J connectivity index is 1.01. The Labute approximate surface area is 300 Å². The Morgan fingerprint density at radius 2 is 1.83 bits per heavy atom. The van der Waals surface area contributed by atoms with Gasteiger partial charge in [-0.05, 0) is 72.7 Å². The summed E-state index contributed by atoms with van der Waals surface area (Å²) in [5, 5.41) is 3.17. The number of anilines is 4. The normalized spacial score (nSPS) is 21.2. The lowest BCUT2D eigenvalue weighted by Crippen LogP contribution is -2.56. The molecule has 52 heavy (non-hydrogen) atoms. The van der Waals surface area contributed by atoms with E-state index in [0.29, 0.717) is 64.9 Å². The zero-order chi connectivity index (χ0) is 35.7. The Morgan fingerprint density at radius 1 is 1.02 bits per heavy atom. The second-order valence-corrected chi connectivity index (χ2v) is 14.7. The molecule has 1 N–H and O–H groups in total. The molecule has 3 aliphatic heterocycles. The van der Waals surface area contributed by atoms with Gasteiger partial charge in [-0.25, -0.2) is 9.37 Å². The number of halogens is 1.